The Kier molecular flexibility index (Phi) is 9.35. The van der Waals surface area contributed by atoms with Gasteiger partial charge in [0, 0.05) is 50.7 Å². The first kappa shape index (κ1) is 23.4. The number of rotatable bonds is 9. The third kappa shape index (κ3) is 7.47. The van der Waals surface area contributed by atoms with Crippen LogP contribution in [0.2, 0.25) is 0 Å². The topological polar surface area (TPSA) is 81.6 Å². The second kappa shape index (κ2) is 12.0. The fraction of sp³-hybridized carbons (Fsp3) is 0.762. The molecule has 3 heterocycles. The van der Waals surface area contributed by atoms with Crippen molar-refractivity contribution in [3.63, 3.8) is 0 Å². The number of aliphatic imine (C=N–C) groups is 1. The van der Waals surface area contributed by atoms with Crippen LogP contribution in [-0.2, 0) is 9.47 Å². The molecule has 9 heteroatoms. The van der Waals surface area contributed by atoms with E-state index in [1.165, 1.54) is 4.88 Å². The van der Waals surface area contributed by atoms with Gasteiger partial charge in [0.1, 0.15) is 0 Å². The zero-order valence-corrected chi connectivity index (χ0v) is 19.1. The molecule has 8 nitrogen and oxygen atoms in total. The standard InChI is InChI=1S/C21H37N5O3S/c1-3-22-20(24-16-21(2,27)17-25-6-10-28-11-7-25)23-15-18(19-5-4-14-30-19)26-8-12-29-13-9-26/h4-5,14,18,27H,3,6-13,15-17H2,1-2H3,(H2,22,23,24). The molecular weight excluding hydrogens is 402 g/mol. The quantitative estimate of drug-likeness (QED) is 0.387. The number of nitrogens with zero attached hydrogens (tertiary/aromatic N) is 3. The number of β-amino-alcohol motifs (C(OH)–C–C–N with tert-alkyl or cyclic N) is 1. The van der Waals surface area contributed by atoms with Crippen LogP contribution in [0.5, 0.6) is 0 Å². The van der Waals surface area contributed by atoms with E-state index >= 15 is 0 Å². The summed E-state index contributed by atoms with van der Waals surface area (Å²) in [6.45, 7) is 13.0. The summed E-state index contributed by atoms with van der Waals surface area (Å²) in [7, 11) is 0. The van der Waals surface area contributed by atoms with Crippen molar-refractivity contribution in [1.29, 1.82) is 0 Å². The summed E-state index contributed by atoms with van der Waals surface area (Å²) in [5.41, 5.74) is -0.878. The maximum absolute atomic E-state index is 10.8. The lowest BCUT2D eigenvalue weighted by molar-refractivity contribution is -0.0180. The first-order valence-electron chi connectivity index (χ1n) is 11.0. The number of aliphatic hydroxyl groups is 1. The summed E-state index contributed by atoms with van der Waals surface area (Å²) < 4.78 is 10.9. The van der Waals surface area contributed by atoms with Crippen LogP contribution in [0.1, 0.15) is 24.8 Å². The lowest BCUT2D eigenvalue weighted by Crippen LogP contribution is -2.49. The summed E-state index contributed by atoms with van der Waals surface area (Å²) in [6.07, 6.45) is 0. The van der Waals surface area contributed by atoms with Crippen molar-refractivity contribution in [3.05, 3.63) is 22.4 Å². The highest BCUT2D eigenvalue weighted by Gasteiger charge is 2.26. The minimum Gasteiger partial charge on any atom is -0.387 e. The number of ether oxygens (including phenoxy) is 2. The maximum Gasteiger partial charge on any atom is 0.191 e. The van der Waals surface area contributed by atoms with Crippen LogP contribution in [0, 0.1) is 0 Å². The highest BCUT2D eigenvalue weighted by atomic mass is 32.1. The zero-order valence-electron chi connectivity index (χ0n) is 18.3. The molecular formula is C21H37N5O3S. The molecule has 0 amide bonds. The van der Waals surface area contributed by atoms with Crippen LogP contribution in [-0.4, -0.2) is 105 Å². The van der Waals surface area contributed by atoms with E-state index in [1.54, 1.807) is 11.3 Å². The molecule has 0 aromatic carbocycles. The fourth-order valence-electron chi connectivity index (χ4n) is 3.86. The van der Waals surface area contributed by atoms with E-state index in [0.717, 1.165) is 71.7 Å². The Balaban J connectivity index is 1.58. The number of nitrogens with one attached hydrogen (secondary N) is 2. The van der Waals surface area contributed by atoms with Crippen molar-refractivity contribution in [2.75, 3.05) is 78.8 Å². The van der Waals surface area contributed by atoms with Gasteiger partial charge in [-0.15, -0.1) is 11.3 Å². The summed E-state index contributed by atoms with van der Waals surface area (Å²) in [6, 6.07) is 4.59. The Morgan fingerprint density at radius 1 is 1.20 bits per heavy atom. The highest BCUT2D eigenvalue weighted by Crippen LogP contribution is 2.25. The third-order valence-electron chi connectivity index (χ3n) is 5.41. The van der Waals surface area contributed by atoms with Crippen LogP contribution in [0.15, 0.2) is 22.5 Å². The van der Waals surface area contributed by atoms with Crippen LogP contribution < -0.4 is 10.6 Å². The molecule has 2 aliphatic heterocycles. The van der Waals surface area contributed by atoms with Gasteiger partial charge in [0.15, 0.2) is 5.96 Å². The maximum atomic E-state index is 10.8. The van der Waals surface area contributed by atoms with Gasteiger partial charge in [-0.1, -0.05) is 6.07 Å². The van der Waals surface area contributed by atoms with Crippen LogP contribution in [0.3, 0.4) is 0 Å². The molecule has 0 saturated carbocycles. The fourth-order valence-corrected chi connectivity index (χ4v) is 4.72. The van der Waals surface area contributed by atoms with Crippen LogP contribution in [0.25, 0.3) is 0 Å². The van der Waals surface area contributed by atoms with Crippen molar-refractivity contribution in [2.24, 2.45) is 4.99 Å². The van der Waals surface area contributed by atoms with Crippen molar-refractivity contribution in [2.45, 2.75) is 25.5 Å². The zero-order chi connectivity index (χ0) is 21.2. The average molecular weight is 440 g/mol. The number of thiophene rings is 1. The minimum absolute atomic E-state index is 0.284. The molecule has 0 spiro atoms. The first-order chi connectivity index (χ1) is 14.6. The molecule has 2 fully saturated rings. The smallest absolute Gasteiger partial charge is 0.191 e. The van der Waals surface area contributed by atoms with E-state index in [2.05, 4.69) is 44.9 Å². The summed E-state index contributed by atoms with van der Waals surface area (Å²) >= 11 is 1.79. The van der Waals surface area contributed by atoms with Gasteiger partial charge in [-0.05, 0) is 25.3 Å². The van der Waals surface area contributed by atoms with Gasteiger partial charge >= 0.3 is 0 Å². The number of guanidine groups is 1. The molecule has 0 bridgehead atoms. The SMILES string of the molecule is CCNC(=NCC(C)(O)CN1CCOCC1)NCC(c1cccs1)N1CCOCC1. The predicted molar refractivity (Wildman–Crippen MR) is 121 cm³/mol. The molecule has 2 atom stereocenters. The van der Waals surface area contributed by atoms with E-state index in [-0.39, 0.29) is 6.04 Å². The second-order valence-electron chi connectivity index (χ2n) is 8.14. The molecule has 170 valence electrons. The van der Waals surface area contributed by atoms with Gasteiger partial charge in [0.05, 0.1) is 44.6 Å². The molecule has 3 N–H and O–H groups in total. The Morgan fingerprint density at radius 3 is 2.53 bits per heavy atom. The minimum atomic E-state index is -0.878. The molecule has 1 aromatic heterocycles. The van der Waals surface area contributed by atoms with Gasteiger partial charge < -0.3 is 25.2 Å². The second-order valence-corrected chi connectivity index (χ2v) is 9.12. The number of morpholine rings is 2. The van der Waals surface area contributed by atoms with Crippen molar-refractivity contribution < 1.29 is 14.6 Å². The molecule has 2 aliphatic rings. The average Bonchev–Trinajstić information content (AvgIpc) is 3.28. The van der Waals surface area contributed by atoms with E-state index in [0.29, 0.717) is 13.1 Å². The molecule has 30 heavy (non-hydrogen) atoms. The molecule has 1 aromatic rings. The lowest BCUT2D eigenvalue weighted by Gasteiger charge is -2.34. The molecule has 2 unspecified atom stereocenters. The third-order valence-corrected chi connectivity index (χ3v) is 6.38. The Morgan fingerprint density at radius 2 is 1.90 bits per heavy atom. The summed E-state index contributed by atoms with van der Waals surface area (Å²) in [5, 5.41) is 19.8. The van der Waals surface area contributed by atoms with Crippen molar-refractivity contribution in [1.82, 2.24) is 20.4 Å². The normalized spacial score (nSPS) is 22.4. The first-order valence-corrected chi connectivity index (χ1v) is 11.9. The molecule has 3 rings (SSSR count). The van der Waals surface area contributed by atoms with Gasteiger partial charge in [0.2, 0.25) is 0 Å². The van der Waals surface area contributed by atoms with Crippen LogP contribution in [0.4, 0.5) is 0 Å². The van der Waals surface area contributed by atoms with Crippen LogP contribution >= 0.6 is 11.3 Å². The largest absolute Gasteiger partial charge is 0.387 e. The number of hydrogen-bond acceptors (Lipinski definition) is 7. The Labute approximate surface area is 184 Å². The Bertz CT molecular complexity index is 629. The molecule has 0 radical (unpaired) electrons. The summed E-state index contributed by atoms with van der Waals surface area (Å²) in [4.78, 5) is 10.8. The summed E-state index contributed by atoms with van der Waals surface area (Å²) in [5.74, 6) is 0.745. The molecule has 0 aliphatic carbocycles. The monoisotopic (exact) mass is 439 g/mol. The lowest BCUT2D eigenvalue weighted by atomic mass is 10.1. The van der Waals surface area contributed by atoms with E-state index in [1.807, 2.05) is 6.92 Å². The Hall–Kier alpha value is -1.23. The van der Waals surface area contributed by atoms with E-state index < -0.39 is 5.60 Å². The number of hydrogen-bond donors (Lipinski definition) is 3. The van der Waals surface area contributed by atoms with Gasteiger partial charge in [-0.2, -0.15) is 0 Å². The highest BCUT2D eigenvalue weighted by molar-refractivity contribution is 7.10. The van der Waals surface area contributed by atoms with Gasteiger partial charge in [-0.25, -0.2) is 0 Å². The predicted octanol–water partition coefficient (Wildman–Crippen LogP) is 0.760. The van der Waals surface area contributed by atoms with Crippen molar-refractivity contribution in [3.8, 4) is 0 Å². The van der Waals surface area contributed by atoms with Crippen molar-refractivity contribution >= 4 is 17.3 Å². The molecule has 2 saturated heterocycles. The van der Waals surface area contributed by atoms with Gasteiger partial charge in [0.25, 0.3) is 0 Å². The van der Waals surface area contributed by atoms with E-state index in [4.69, 9.17) is 14.5 Å². The van der Waals surface area contributed by atoms with E-state index in [9.17, 15) is 5.11 Å². The van der Waals surface area contributed by atoms with Gasteiger partial charge in [-0.3, -0.25) is 14.8 Å².